The fourth-order valence-corrected chi connectivity index (χ4v) is 4.87. The molecule has 0 fully saturated rings. The number of nitrogens with zero attached hydrogens (tertiary/aromatic N) is 2. The molecule has 3 aromatic carbocycles. The van der Waals surface area contributed by atoms with Crippen LogP contribution in [0.2, 0.25) is 0 Å². The molecule has 0 saturated carbocycles. The van der Waals surface area contributed by atoms with Crippen LogP contribution in [0.25, 0.3) is 10.8 Å². The first-order valence-electron chi connectivity index (χ1n) is 14.4. The van der Waals surface area contributed by atoms with Crippen molar-refractivity contribution in [3.63, 3.8) is 0 Å². The molecule has 0 aromatic heterocycles. The van der Waals surface area contributed by atoms with Crippen LogP contribution in [0.5, 0.6) is 0 Å². The zero-order valence-electron chi connectivity index (χ0n) is 24.2. The number of anilines is 1. The molecule has 1 aliphatic heterocycles. The maximum Gasteiger partial charge on any atom is 0.270 e. The summed E-state index contributed by atoms with van der Waals surface area (Å²) in [4.78, 5) is 65.7. The van der Waals surface area contributed by atoms with E-state index in [0.29, 0.717) is 50.0 Å². The van der Waals surface area contributed by atoms with E-state index in [1.807, 2.05) is 0 Å². The van der Waals surface area contributed by atoms with Crippen molar-refractivity contribution in [1.82, 2.24) is 21.3 Å². The number of nitro benzene ring substituents is 1. The van der Waals surface area contributed by atoms with Crippen molar-refractivity contribution in [2.75, 3.05) is 57.3 Å². The Morgan fingerprint density at radius 3 is 1.86 bits per heavy atom. The third-order valence-electron chi connectivity index (χ3n) is 7.03. The highest BCUT2D eigenvalue weighted by Gasteiger charge is 2.36. The van der Waals surface area contributed by atoms with E-state index in [1.54, 1.807) is 12.1 Å². The maximum atomic E-state index is 13.8. The lowest BCUT2D eigenvalue weighted by molar-refractivity contribution is -0.384. The molecule has 0 radical (unpaired) electrons. The normalized spacial score (nSPS) is 12.5. The van der Waals surface area contributed by atoms with Crippen LogP contribution in [0.4, 0.5) is 11.4 Å². The van der Waals surface area contributed by atoms with Gasteiger partial charge in [0.15, 0.2) is 0 Å². The van der Waals surface area contributed by atoms with Crippen molar-refractivity contribution in [2.24, 2.45) is 11.5 Å². The van der Waals surface area contributed by atoms with Gasteiger partial charge in [0.2, 0.25) is 0 Å². The number of carbonyl (C=O) groups excluding carboxylic acids is 4. The van der Waals surface area contributed by atoms with Gasteiger partial charge in [-0.25, -0.2) is 4.90 Å². The van der Waals surface area contributed by atoms with E-state index in [9.17, 15) is 29.3 Å². The number of nitrogens with two attached hydrogens (primary N) is 2. The molecule has 44 heavy (non-hydrogen) atoms. The third-order valence-corrected chi connectivity index (χ3v) is 7.03. The Bertz CT molecular complexity index is 1530. The number of nitrogens with one attached hydrogen (secondary N) is 4. The Morgan fingerprint density at radius 2 is 1.32 bits per heavy atom. The minimum absolute atomic E-state index is 0.0194. The number of nitro groups is 1. The van der Waals surface area contributed by atoms with Gasteiger partial charge in [0.25, 0.3) is 29.3 Å². The molecule has 14 nitrogen and oxygen atoms in total. The Morgan fingerprint density at radius 1 is 0.750 bits per heavy atom. The molecule has 0 unspecified atom stereocenters. The smallest absolute Gasteiger partial charge is 0.270 e. The van der Waals surface area contributed by atoms with Crippen LogP contribution >= 0.6 is 0 Å². The van der Waals surface area contributed by atoms with Gasteiger partial charge in [-0.1, -0.05) is 12.1 Å². The highest BCUT2D eigenvalue weighted by atomic mass is 16.6. The summed E-state index contributed by atoms with van der Waals surface area (Å²) in [5, 5.41) is 24.1. The summed E-state index contributed by atoms with van der Waals surface area (Å²) in [5.41, 5.74) is 10.9. The van der Waals surface area contributed by atoms with Crippen molar-refractivity contribution < 1.29 is 24.1 Å². The molecule has 0 saturated heterocycles. The predicted octanol–water partition coefficient (Wildman–Crippen LogP) is 0.885. The van der Waals surface area contributed by atoms with Crippen molar-refractivity contribution in [3.8, 4) is 0 Å². The minimum atomic E-state index is -0.806. The van der Waals surface area contributed by atoms with Crippen LogP contribution in [-0.4, -0.2) is 80.9 Å². The van der Waals surface area contributed by atoms with Crippen LogP contribution in [0, 0.1) is 10.1 Å². The van der Waals surface area contributed by atoms with Crippen molar-refractivity contribution in [1.29, 1.82) is 0 Å². The fraction of sp³-hybridized carbons (Fsp3) is 0.333. The molecule has 1 heterocycles. The highest BCUT2D eigenvalue weighted by molar-refractivity contribution is 6.36. The second-order valence-electron chi connectivity index (χ2n) is 10.2. The molecule has 4 rings (SSSR count). The minimum Gasteiger partial charge on any atom is -0.351 e. The number of amides is 4. The molecular weight excluding hydrogens is 568 g/mol. The van der Waals surface area contributed by atoms with Gasteiger partial charge in [-0.05, 0) is 68.7 Å². The summed E-state index contributed by atoms with van der Waals surface area (Å²) in [7, 11) is 0. The summed E-state index contributed by atoms with van der Waals surface area (Å²) in [6.45, 7) is 4.01. The van der Waals surface area contributed by atoms with Crippen molar-refractivity contribution in [2.45, 2.75) is 12.8 Å². The van der Waals surface area contributed by atoms with Gasteiger partial charge in [-0.15, -0.1) is 0 Å². The van der Waals surface area contributed by atoms with E-state index >= 15 is 0 Å². The van der Waals surface area contributed by atoms with Gasteiger partial charge in [0.05, 0.1) is 16.2 Å². The average Bonchev–Trinajstić information content (AvgIpc) is 3.02. The monoisotopic (exact) mass is 604 g/mol. The Balaban J connectivity index is 1.66. The van der Waals surface area contributed by atoms with E-state index in [4.69, 9.17) is 11.5 Å². The Labute approximate surface area is 253 Å². The maximum absolute atomic E-state index is 13.8. The topological polar surface area (TPSA) is 215 Å². The quantitative estimate of drug-likeness (QED) is 0.0587. The van der Waals surface area contributed by atoms with Crippen LogP contribution in [0.15, 0.2) is 48.5 Å². The summed E-state index contributed by atoms with van der Waals surface area (Å²) in [6.07, 6.45) is 1.57. The van der Waals surface area contributed by atoms with Crippen LogP contribution in [0.1, 0.15) is 54.3 Å². The van der Waals surface area contributed by atoms with Crippen LogP contribution in [-0.2, 0) is 0 Å². The number of benzene rings is 3. The zero-order chi connectivity index (χ0) is 31.6. The molecule has 0 spiro atoms. The van der Waals surface area contributed by atoms with Gasteiger partial charge in [-0.2, -0.15) is 0 Å². The predicted molar refractivity (Wildman–Crippen MR) is 166 cm³/mol. The van der Waals surface area contributed by atoms with E-state index in [1.165, 1.54) is 30.3 Å². The number of carbonyl (C=O) groups is 4. The van der Waals surface area contributed by atoms with E-state index < -0.39 is 28.6 Å². The highest BCUT2D eigenvalue weighted by Crippen LogP contribution is 2.36. The molecule has 0 atom stereocenters. The van der Waals surface area contributed by atoms with Gasteiger partial charge in [0.1, 0.15) is 0 Å². The van der Waals surface area contributed by atoms with Crippen molar-refractivity contribution in [3.05, 3.63) is 80.9 Å². The molecule has 232 valence electrons. The number of non-ortho nitro benzene ring substituents is 1. The largest absolute Gasteiger partial charge is 0.351 e. The average molecular weight is 605 g/mol. The molecular formula is C30H36N8O6. The first kappa shape index (κ1) is 32.2. The summed E-state index contributed by atoms with van der Waals surface area (Å²) in [5.74, 6) is -2.52. The number of hydrogen-bond acceptors (Lipinski definition) is 10. The Kier molecular flexibility index (Phi) is 11.0. The summed E-state index contributed by atoms with van der Waals surface area (Å²) in [6, 6.07) is 11.2. The second-order valence-corrected chi connectivity index (χ2v) is 10.2. The lowest BCUT2D eigenvalue weighted by Gasteiger charge is -2.27. The SMILES string of the molecule is NCCCNCCNC(=O)c1cc(C(=O)NCCNCCCN)cc(N2C(=O)c3cccc4cc([N+](=O)[O-])cc(c34)C2=O)c1. The molecule has 0 aliphatic carbocycles. The van der Waals surface area contributed by atoms with Crippen molar-refractivity contribution >= 4 is 45.8 Å². The van der Waals surface area contributed by atoms with E-state index in [0.717, 1.165) is 23.8 Å². The molecule has 0 bridgehead atoms. The van der Waals surface area contributed by atoms with E-state index in [2.05, 4.69) is 21.3 Å². The van der Waals surface area contributed by atoms with Gasteiger partial charge >= 0.3 is 0 Å². The van der Waals surface area contributed by atoms with E-state index in [-0.39, 0.29) is 46.7 Å². The summed E-state index contributed by atoms with van der Waals surface area (Å²) >= 11 is 0. The number of hydrogen-bond donors (Lipinski definition) is 6. The molecule has 1 aliphatic rings. The zero-order valence-corrected chi connectivity index (χ0v) is 24.2. The van der Waals surface area contributed by atoms with Crippen LogP contribution < -0.4 is 37.6 Å². The lowest BCUT2D eigenvalue weighted by Crippen LogP contribution is -2.41. The Hall–Kier alpha value is -4.76. The first-order chi connectivity index (χ1) is 21.3. The number of rotatable bonds is 16. The lowest BCUT2D eigenvalue weighted by atomic mass is 9.92. The molecule has 4 amide bonds. The van der Waals surface area contributed by atoms with Gasteiger partial charge in [0, 0.05) is 60.4 Å². The number of imide groups is 1. The third kappa shape index (κ3) is 7.41. The standard InChI is InChI=1S/C30H36N8O6/c31-6-2-8-33-10-12-35-27(39)20-14-21(28(40)36-13-11-34-9-3-7-32)17-22(16-20)37-29(41)24-5-1-4-19-15-23(38(43)44)18-25(26(19)24)30(37)42/h1,4-5,14-18,33-34H,2-3,6-13,31-32H2,(H,35,39)(H,36,40). The van der Waals surface area contributed by atoms with Gasteiger partial charge < -0.3 is 32.7 Å². The molecule has 3 aromatic rings. The fourth-order valence-electron chi connectivity index (χ4n) is 4.87. The second kappa shape index (κ2) is 15.1. The molecule has 8 N–H and O–H groups in total. The van der Waals surface area contributed by atoms with Crippen LogP contribution in [0.3, 0.4) is 0 Å². The molecule has 14 heteroatoms. The van der Waals surface area contributed by atoms with Gasteiger partial charge in [-0.3, -0.25) is 29.3 Å². The summed E-state index contributed by atoms with van der Waals surface area (Å²) < 4.78 is 0. The first-order valence-corrected chi connectivity index (χ1v) is 14.4.